The van der Waals surface area contributed by atoms with Crippen LogP contribution in [0.15, 0.2) is 34.6 Å². The van der Waals surface area contributed by atoms with Crippen molar-refractivity contribution in [2.75, 3.05) is 41.5 Å². The van der Waals surface area contributed by atoms with Gasteiger partial charge in [-0.05, 0) is 85.2 Å². The maximum absolute atomic E-state index is 14.7. The first-order chi connectivity index (χ1) is 48.3. The van der Waals surface area contributed by atoms with Crippen molar-refractivity contribution in [1.82, 2.24) is 31.1 Å². The van der Waals surface area contributed by atoms with Crippen LogP contribution >= 0.6 is 23.2 Å². The first kappa shape index (κ1) is 83.8. The third-order valence-electron chi connectivity index (χ3n) is 21.4. The monoisotopic (exact) mass is 1490 g/mol. The number of carbonyl (C=O) groups excluding carboxylic acids is 9. The summed E-state index contributed by atoms with van der Waals surface area (Å²) in [5.74, 6) is -2.65. The number of benzene rings is 2. The first-order valence-corrected chi connectivity index (χ1v) is 37.0. The summed E-state index contributed by atoms with van der Waals surface area (Å²) in [5, 5.41) is 31.8. The molecule has 4 aliphatic heterocycles. The summed E-state index contributed by atoms with van der Waals surface area (Å²) in [5.41, 5.74) is 9.37. The van der Waals surface area contributed by atoms with Crippen molar-refractivity contribution >= 4 is 87.7 Å². The normalized spacial score (nSPS) is 23.4. The molecule has 104 heavy (non-hydrogen) atoms. The van der Waals surface area contributed by atoms with Crippen LogP contribution < -0.4 is 51.7 Å². The van der Waals surface area contributed by atoms with E-state index in [-0.39, 0.29) is 95.5 Å². The highest BCUT2D eigenvalue weighted by atomic mass is 35.5. The number of ketones is 1. The number of nitrogens with two attached hydrogens (primary N) is 2. The number of ether oxygens (including phenoxy) is 4. The molecule has 578 valence electrons. The molecule has 26 nitrogen and oxygen atoms in total. The van der Waals surface area contributed by atoms with Crippen molar-refractivity contribution in [3.63, 3.8) is 0 Å². The maximum Gasteiger partial charge on any atom is 0.287 e. The Balaban J connectivity index is 0.000000285. The molecule has 9 N–H and O–H groups in total. The second-order valence-corrected chi connectivity index (χ2v) is 32.5. The van der Waals surface area contributed by atoms with Crippen LogP contribution in [0.25, 0.3) is 0 Å². The van der Waals surface area contributed by atoms with Crippen LogP contribution in [0.5, 0.6) is 23.0 Å². The van der Waals surface area contributed by atoms with Gasteiger partial charge in [0.25, 0.3) is 5.91 Å². The number of hydrogen-bond donors (Lipinski definition) is 7. The van der Waals surface area contributed by atoms with E-state index in [1.54, 1.807) is 24.3 Å². The Morgan fingerprint density at radius 2 is 0.923 bits per heavy atom. The summed E-state index contributed by atoms with van der Waals surface area (Å²) in [6.07, 6.45) is 16.9. The van der Waals surface area contributed by atoms with Gasteiger partial charge in [0, 0.05) is 61.8 Å². The Bertz CT molecular complexity index is 3500. The molecule has 8 aliphatic rings. The molecule has 9 atom stereocenters. The molecule has 10 rings (SSSR count). The molecule has 0 bridgehead atoms. The van der Waals surface area contributed by atoms with Crippen LogP contribution in [0.2, 0.25) is 10.0 Å². The number of methoxy groups -OCH3 is 4. The SMILES string of the molecule is C.C.COc1cc(OC)c(C2=NO[C@]3(C2)C[C@@H](C(=O)N[C@@H](CC2CC2)C(=O)C(N)=O)N(C(=O)[C@@H](NC(=O)CC2CCCCCC2)C(C)(C)C)C3)cc1Cl.COc1cc(OC)c(C2=NO[C@]3(C2)C[C@@H](C(=O)N[C@@H](CC2CC2)C(O)C(N)=O)N(C(=O)[C@@H](NC(=O)CC2CCCCCC2)C(C)(C)C)C3)cc1Cl. The molecule has 2 saturated heterocycles. The van der Waals surface area contributed by atoms with Gasteiger partial charge >= 0.3 is 0 Å². The van der Waals surface area contributed by atoms with Crippen LogP contribution in [-0.4, -0.2) is 174 Å². The molecule has 2 aromatic rings. The summed E-state index contributed by atoms with van der Waals surface area (Å²) in [6, 6.07) is 0.550. The lowest BCUT2D eigenvalue weighted by Crippen LogP contribution is -2.59. The minimum absolute atomic E-state index is 0. The number of likely N-dealkylation sites (tertiary alicyclic amines) is 2. The van der Waals surface area contributed by atoms with E-state index in [0.717, 1.165) is 77.0 Å². The van der Waals surface area contributed by atoms with Crippen LogP contribution in [0.1, 0.15) is 222 Å². The van der Waals surface area contributed by atoms with Crippen molar-refractivity contribution in [3.05, 3.63) is 45.4 Å². The Kier molecular flexibility index (Phi) is 28.8. The van der Waals surface area contributed by atoms with Crippen molar-refractivity contribution in [1.29, 1.82) is 0 Å². The van der Waals surface area contributed by atoms with Gasteiger partial charge in [-0.2, -0.15) is 0 Å². The third-order valence-corrected chi connectivity index (χ3v) is 22.0. The van der Waals surface area contributed by atoms with Gasteiger partial charge in [0.15, 0.2) is 17.3 Å². The van der Waals surface area contributed by atoms with E-state index in [1.807, 2.05) is 41.5 Å². The number of oxime groups is 2. The molecule has 0 aromatic heterocycles. The fourth-order valence-electron chi connectivity index (χ4n) is 15.3. The number of Topliss-reactive ketones (excluding diaryl/α,β-unsaturated/α-hetero) is 1. The van der Waals surface area contributed by atoms with Gasteiger partial charge < -0.3 is 76.3 Å². The van der Waals surface area contributed by atoms with Crippen molar-refractivity contribution in [2.24, 2.45) is 56.3 Å². The fourth-order valence-corrected chi connectivity index (χ4v) is 15.7. The van der Waals surface area contributed by atoms with E-state index < -0.39 is 106 Å². The van der Waals surface area contributed by atoms with Crippen molar-refractivity contribution in [2.45, 2.75) is 264 Å². The number of halogens is 2. The Labute approximate surface area is 622 Å². The number of primary amides is 2. The molecular formula is C76H114Cl2N10O16. The highest BCUT2D eigenvalue weighted by Crippen LogP contribution is 2.46. The quantitative estimate of drug-likeness (QED) is 0.0341. The van der Waals surface area contributed by atoms with Crippen LogP contribution in [-0.2, 0) is 52.8 Å². The van der Waals surface area contributed by atoms with Gasteiger partial charge in [-0.15, -0.1) is 0 Å². The third kappa shape index (κ3) is 21.0. The Hall–Kier alpha value is -7.45. The number of carbonyl (C=O) groups is 9. The largest absolute Gasteiger partial charge is 0.496 e. The zero-order valence-corrected chi connectivity index (χ0v) is 62.3. The zero-order valence-electron chi connectivity index (χ0n) is 60.8. The molecule has 2 aromatic carbocycles. The average Bonchev–Trinajstić information content (AvgIpc) is 1.60. The topological polar surface area (TPSA) is 361 Å². The zero-order chi connectivity index (χ0) is 74.2. The van der Waals surface area contributed by atoms with Gasteiger partial charge in [-0.3, -0.25) is 43.2 Å². The van der Waals surface area contributed by atoms with Crippen LogP contribution in [0.3, 0.4) is 0 Å². The highest BCUT2D eigenvalue weighted by molar-refractivity contribution is 6.38. The minimum Gasteiger partial charge on any atom is -0.496 e. The van der Waals surface area contributed by atoms with E-state index in [9.17, 15) is 48.3 Å². The summed E-state index contributed by atoms with van der Waals surface area (Å²) in [4.78, 5) is 137. The van der Waals surface area contributed by atoms with E-state index >= 15 is 0 Å². The minimum atomic E-state index is -1.59. The molecule has 0 radical (unpaired) electrons. The van der Waals surface area contributed by atoms with Gasteiger partial charge in [0.05, 0.1) is 75.1 Å². The predicted octanol–water partition coefficient (Wildman–Crippen LogP) is 9.17. The summed E-state index contributed by atoms with van der Waals surface area (Å²) in [6.45, 7) is 11.2. The van der Waals surface area contributed by atoms with Crippen LogP contribution in [0.4, 0.5) is 0 Å². The van der Waals surface area contributed by atoms with E-state index in [2.05, 4.69) is 31.6 Å². The molecule has 6 fully saturated rings. The molecule has 1 unspecified atom stereocenters. The van der Waals surface area contributed by atoms with Gasteiger partial charge in [-0.1, -0.05) is 167 Å². The maximum atomic E-state index is 14.7. The lowest BCUT2D eigenvalue weighted by molar-refractivity contribution is -0.145. The molecule has 8 amide bonds. The number of nitrogens with one attached hydrogen (secondary N) is 4. The summed E-state index contributed by atoms with van der Waals surface area (Å²) in [7, 11) is 6.03. The second-order valence-electron chi connectivity index (χ2n) is 31.7. The molecule has 4 saturated carbocycles. The number of nitrogens with zero attached hydrogens (tertiary/aromatic N) is 4. The molecule has 4 heterocycles. The summed E-state index contributed by atoms with van der Waals surface area (Å²) >= 11 is 12.9. The molecule has 28 heteroatoms. The first-order valence-electron chi connectivity index (χ1n) is 36.2. The van der Waals surface area contributed by atoms with Gasteiger partial charge in [-0.25, -0.2) is 0 Å². The second kappa shape index (κ2) is 35.8. The molecule has 4 aliphatic carbocycles. The number of rotatable bonds is 26. The number of aliphatic hydroxyl groups excluding tert-OH is 1. The highest BCUT2D eigenvalue weighted by Gasteiger charge is 2.58. The molecular weight excluding hydrogens is 1380 g/mol. The number of hydrogen-bond acceptors (Lipinski definition) is 18. The van der Waals surface area contributed by atoms with Gasteiger partial charge in [0.1, 0.15) is 47.2 Å². The van der Waals surface area contributed by atoms with Gasteiger partial charge in [0.2, 0.25) is 47.1 Å². The number of aliphatic hydroxyl groups is 1. The molecule has 2 spiro atoms. The van der Waals surface area contributed by atoms with E-state index in [0.29, 0.717) is 74.9 Å². The van der Waals surface area contributed by atoms with E-state index in [4.69, 9.17) is 63.3 Å². The van der Waals surface area contributed by atoms with Crippen molar-refractivity contribution in [3.8, 4) is 23.0 Å². The predicted molar refractivity (Wildman–Crippen MR) is 395 cm³/mol. The fraction of sp³-hybridized carbons (Fsp3) is 0.697. The lowest BCUT2D eigenvalue weighted by atomic mass is 9.85. The Morgan fingerprint density at radius 1 is 0.548 bits per heavy atom. The van der Waals surface area contributed by atoms with E-state index in [1.165, 1.54) is 63.9 Å². The standard InChI is InChI=1S/C37H54ClN5O8.C37H52ClN5O8.2CH4/c2*1-36(2,3)32(41-30(44)15-21-10-8-6-7-9-11-21)35(48)43-20-37(18-26(42-51-37)23-16-24(38)29(50-5)17-28(23)49-4)19-27(43)34(47)40-25(14-22-12-13-22)31(45)33(39)46;;/h16-17,21-22,25,27,31-32,45H,6-15,18-20H2,1-5H3,(H2,39,46)(H,40,47)(H,41,44);16-17,21-22,25,27,32H,6-15,18-20H2,1-5H3,(H2,39,46)(H,40,47)(H,41,44);2*1H4/t25-,27-,31?,32+,37+;25-,27-,32+,37+;;/m00../s1. The Morgan fingerprint density at radius 3 is 1.27 bits per heavy atom. The average molecular weight is 1490 g/mol. The summed E-state index contributed by atoms with van der Waals surface area (Å²) < 4.78 is 21.9. The van der Waals surface area contributed by atoms with Crippen molar-refractivity contribution < 1.29 is 76.9 Å². The smallest absolute Gasteiger partial charge is 0.287 e. The lowest BCUT2D eigenvalue weighted by Gasteiger charge is -2.36. The van der Waals surface area contributed by atoms with Crippen LogP contribution in [0, 0.1) is 34.5 Å². The number of amides is 8.